The molecule has 1 fully saturated rings. The molecule has 0 radical (unpaired) electrons. The van der Waals surface area contributed by atoms with Gasteiger partial charge in [-0.3, -0.25) is 4.79 Å². The van der Waals surface area contributed by atoms with E-state index in [1.807, 2.05) is 62.3 Å². The Morgan fingerprint density at radius 2 is 1.36 bits per heavy atom. The highest BCUT2D eigenvalue weighted by Crippen LogP contribution is 2.26. The number of rotatable bonds is 2. The quantitative estimate of drug-likeness (QED) is 0.564. The summed E-state index contributed by atoms with van der Waals surface area (Å²) in [6.07, 6.45) is 2.12. The average Bonchev–Trinajstić information content (AvgIpc) is 2.54. The Balaban J connectivity index is -0.000000175. The molecule has 0 spiro atoms. The third-order valence-electron chi connectivity index (χ3n) is 2.57. The lowest BCUT2D eigenvalue weighted by Gasteiger charge is -2.35. The van der Waals surface area contributed by atoms with Gasteiger partial charge in [0, 0.05) is 19.8 Å². The van der Waals surface area contributed by atoms with Crippen LogP contribution < -0.4 is 0 Å². The third-order valence-corrected chi connectivity index (χ3v) is 2.57. The maximum Gasteiger partial charge on any atom is 0.302 e. The average molecular weight is 321 g/mol. The molecule has 1 rings (SSSR count). The SMILES string of the molecule is CC.CC.CC.CC.CC(=O)O[C@H]1CC(C(C)C)O[C@@H](C)C1. The maximum atomic E-state index is 10.8. The Morgan fingerprint density at radius 3 is 1.68 bits per heavy atom. The molecule has 3 heteroatoms. The highest BCUT2D eigenvalue weighted by atomic mass is 16.6. The van der Waals surface area contributed by atoms with Gasteiger partial charge in [0.15, 0.2) is 0 Å². The molecule has 3 atom stereocenters. The van der Waals surface area contributed by atoms with E-state index in [1.165, 1.54) is 6.92 Å². The second-order valence-electron chi connectivity index (χ2n) is 4.43. The lowest BCUT2D eigenvalue weighted by atomic mass is 9.94. The normalized spacial score (nSPS) is 22.1. The van der Waals surface area contributed by atoms with Gasteiger partial charge in [-0.15, -0.1) is 0 Å². The van der Waals surface area contributed by atoms with Gasteiger partial charge in [0.05, 0.1) is 12.2 Å². The molecule has 0 aliphatic carbocycles. The molecule has 3 nitrogen and oxygen atoms in total. The second kappa shape index (κ2) is 22.7. The summed E-state index contributed by atoms with van der Waals surface area (Å²) < 4.78 is 11.0. The first-order chi connectivity index (χ1) is 10.5. The summed E-state index contributed by atoms with van der Waals surface area (Å²) >= 11 is 0. The predicted octanol–water partition coefficient (Wildman–Crippen LogP) is 6.25. The number of carbonyl (C=O) groups excluding carboxylic acids is 1. The first kappa shape index (κ1) is 29.4. The Hall–Kier alpha value is -0.570. The molecule has 1 aliphatic rings. The molecule has 1 heterocycles. The van der Waals surface area contributed by atoms with Crippen molar-refractivity contribution < 1.29 is 14.3 Å². The first-order valence-electron chi connectivity index (χ1n) is 9.31. The van der Waals surface area contributed by atoms with E-state index in [-0.39, 0.29) is 24.3 Å². The highest BCUT2D eigenvalue weighted by Gasteiger charge is 2.30. The zero-order valence-electron chi connectivity index (χ0n) is 17.4. The van der Waals surface area contributed by atoms with Crippen LogP contribution in [-0.4, -0.2) is 24.3 Å². The zero-order chi connectivity index (χ0) is 18.7. The molecular formula is C19H44O3. The Kier molecular flexibility index (Phi) is 30.4. The number of ether oxygens (including phenoxy) is 2. The van der Waals surface area contributed by atoms with Crippen LogP contribution in [0.15, 0.2) is 0 Å². The largest absolute Gasteiger partial charge is 0.462 e. The van der Waals surface area contributed by atoms with Crippen molar-refractivity contribution in [1.82, 2.24) is 0 Å². The Morgan fingerprint density at radius 1 is 0.955 bits per heavy atom. The number of hydrogen-bond donors (Lipinski definition) is 0. The van der Waals surface area contributed by atoms with Crippen LogP contribution in [0.25, 0.3) is 0 Å². The van der Waals surface area contributed by atoms with Gasteiger partial charge in [0.25, 0.3) is 0 Å². The molecule has 0 N–H and O–H groups in total. The fraction of sp³-hybridized carbons (Fsp3) is 0.947. The van der Waals surface area contributed by atoms with Crippen LogP contribution in [-0.2, 0) is 14.3 Å². The van der Waals surface area contributed by atoms with Crippen LogP contribution >= 0.6 is 0 Å². The summed E-state index contributed by atoms with van der Waals surface area (Å²) in [6, 6.07) is 0. The smallest absolute Gasteiger partial charge is 0.302 e. The minimum atomic E-state index is -0.188. The third kappa shape index (κ3) is 17.5. The number of hydrogen-bond acceptors (Lipinski definition) is 3. The standard InChI is InChI=1S/C11H20O3.4C2H6/c1-7(2)11-6-10(14-9(4)12)5-8(3)13-11;4*1-2/h7-8,10-11H,5-6H2,1-4H3;4*1-2H3/t8-,10+,11?;;;;/m0..../s1. The monoisotopic (exact) mass is 320 g/mol. The minimum Gasteiger partial charge on any atom is -0.462 e. The molecule has 0 amide bonds. The summed E-state index contributed by atoms with van der Waals surface area (Å²) in [6.45, 7) is 23.8. The van der Waals surface area contributed by atoms with Gasteiger partial charge in [-0.2, -0.15) is 0 Å². The highest BCUT2D eigenvalue weighted by molar-refractivity contribution is 5.66. The van der Waals surface area contributed by atoms with Crippen LogP contribution in [0.3, 0.4) is 0 Å². The fourth-order valence-electron chi connectivity index (χ4n) is 1.90. The lowest BCUT2D eigenvalue weighted by Crippen LogP contribution is -2.38. The van der Waals surface area contributed by atoms with Crippen LogP contribution in [0, 0.1) is 5.92 Å². The zero-order valence-corrected chi connectivity index (χ0v) is 17.4. The molecule has 138 valence electrons. The second-order valence-corrected chi connectivity index (χ2v) is 4.43. The van der Waals surface area contributed by atoms with E-state index in [0.29, 0.717) is 5.92 Å². The summed E-state index contributed by atoms with van der Waals surface area (Å²) in [4.78, 5) is 10.8. The summed E-state index contributed by atoms with van der Waals surface area (Å²) in [5.74, 6) is 0.294. The molecule has 22 heavy (non-hydrogen) atoms. The van der Waals surface area contributed by atoms with E-state index >= 15 is 0 Å². The molecule has 0 aromatic heterocycles. The van der Waals surface area contributed by atoms with E-state index < -0.39 is 0 Å². The van der Waals surface area contributed by atoms with Gasteiger partial charge in [-0.05, 0) is 12.8 Å². The summed E-state index contributed by atoms with van der Waals surface area (Å²) in [5.41, 5.74) is 0. The molecular weight excluding hydrogens is 276 g/mol. The van der Waals surface area contributed by atoms with Crippen molar-refractivity contribution in [3.05, 3.63) is 0 Å². The Labute approximate surface area is 141 Å². The van der Waals surface area contributed by atoms with E-state index in [4.69, 9.17) is 9.47 Å². The molecule has 0 aromatic rings. The summed E-state index contributed by atoms with van der Waals surface area (Å²) in [7, 11) is 0. The van der Waals surface area contributed by atoms with Crippen molar-refractivity contribution >= 4 is 5.97 Å². The van der Waals surface area contributed by atoms with Crippen molar-refractivity contribution in [1.29, 1.82) is 0 Å². The van der Waals surface area contributed by atoms with Gasteiger partial charge in [0.2, 0.25) is 0 Å². The molecule has 1 unspecified atom stereocenters. The minimum absolute atomic E-state index is 0.0450. The van der Waals surface area contributed by atoms with E-state index in [0.717, 1.165) is 12.8 Å². The molecule has 1 aliphatic heterocycles. The Bertz CT molecular complexity index is 203. The lowest BCUT2D eigenvalue weighted by molar-refractivity contribution is -0.161. The predicted molar refractivity (Wildman–Crippen MR) is 99.4 cm³/mol. The van der Waals surface area contributed by atoms with E-state index in [2.05, 4.69) is 13.8 Å². The van der Waals surface area contributed by atoms with Crippen molar-refractivity contribution in [2.75, 3.05) is 0 Å². The van der Waals surface area contributed by atoms with Crippen LogP contribution in [0.1, 0.15) is 95.9 Å². The van der Waals surface area contributed by atoms with E-state index in [9.17, 15) is 4.79 Å². The molecule has 1 saturated heterocycles. The summed E-state index contributed by atoms with van der Waals surface area (Å²) in [5, 5.41) is 0. The van der Waals surface area contributed by atoms with Crippen molar-refractivity contribution in [2.45, 2.75) is 114 Å². The topological polar surface area (TPSA) is 35.5 Å². The van der Waals surface area contributed by atoms with Crippen LogP contribution in [0.2, 0.25) is 0 Å². The molecule has 0 saturated carbocycles. The van der Waals surface area contributed by atoms with Crippen LogP contribution in [0.5, 0.6) is 0 Å². The molecule has 0 aromatic carbocycles. The van der Waals surface area contributed by atoms with Gasteiger partial charge in [-0.1, -0.05) is 69.2 Å². The molecule has 0 bridgehead atoms. The maximum absolute atomic E-state index is 10.8. The van der Waals surface area contributed by atoms with Crippen LogP contribution in [0.4, 0.5) is 0 Å². The number of esters is 1. The van der Waals surface area contributed by atoms with Crippen molar-refractivity contribution in [3.8, 4) is 0 Å². The van der Waals surface area contributed by atoms with Crippen molar-refractivity contribution in [2.24, 2.45) is 5.92 Å². The van der Waals surface area contributed by atoms with E-state index in [1.54, 1.807) is 0 Å². The van der Waals surface area contributed by atoms with Gasteiger partial charge in [-0.25, -0.2) is 0 Å². The van der Waals surface area contributed by atoms with Gasteiger partial charge < -0.3 is 9.47 Å². The fourth-order valence-corrected chi connectivity index (χ4v) is 1.90. The van der Waals surface area contributed by atoms with Gasteiger partial charge >= 0.3 is 5.97 Å². The van der Waals surface area contributed by atoms with Gasteiger partial charge in [0.1, 0.15) is 6.10 Å². The number of carbonyl (C=O) groups is 1. The first-order valence-corrected chi connectivity index (χ1v) is 9.31. The van der Waals surface area contributed by atoms with Crippen molar-refractivity contribution in [3.63, 3.8) is 0 Å².